The SMILES string of the molecule is COc1ccc(F)c(C(=O)Nc2ccc3c(c2F)CCNC3=O)c1OC. The number of anilines is 1. The van der Waals surface area contributed by atoms with E-state index in [1.807, 2.05) is 0 Å². The number of benzene rings is 2. The molecule has 2 N–H and O–H groups in total. The Hall–Kier alpha value is -3.16. The number of ether oxygens (including phenoxy) is 2. The summed E-state index contributed by atoms with van der Waals surface area (Å²) in [5.74, 6) is -2.74. The van der Waals surface area contributed by atoms with Gasteiger partial charge in [-0.2, -0.15) is 0 Å². The summed E-state index contributed by atoms with van der Waals surface area (Å²) in [6.45, 7) is 0.304. The number of rotatable bonds is 4. The van der Waals surface area contributed by atoms with Crippen LogP contribution in [0.4, 0.5) is 14.5 Å². The molecule has 26 heavy (non-hydrogen) atoms. The zero-order valence-electron chi connectivity index (χ0n) is 14.1. The molecule has 3 rings (SSSR count). The number of hydrogen-bond donors (Lipinski definition) is 2. The molecule has 0 spiro atoms. The van der Waals surface area contributed by atoms with Crippen molar-refractivity contribution in [1.29, 1.82) is 0 Å². The number of carbonyl (C=O) groups excluding carboxylic acids is 2. The molecule has 0 unspecified atom stereocenters. The maximum absolute atomic E-state index is 14.7. The molecule has 0 saturated carbocycles. The zero-order chi connectivity index (χ0) is 18.8. The highest BCUT2D eigenvalue weighted by atomic mass is 19.1. The molecule has 8 heteroatoms. The third kappa shape index (κ3) is 2.94. The monoisotopic (exact) mass is 362 g/mol. The van der Waals surface area contributed by atoms with Gasteiger partial charge in [0.25, 0.3) is 11.8 Å². The molecule has 136 valence electrons. The third-order valence-corrected chi connectivity index (χ3v) is 4.12. The Balaban J connectivity index is 1.98. The summed E-state index contributed by atoms with van der Waals surface area (Å²) in [6.07, 6.45) is 0.299. The summed E-state index contributed by atoms with van der Waals surface area (Å²) in [6, 6.07) is 5.07. The first-order chi connectivity index (χ1) is 12.5. The lowest BCUT2D eigenvalue weighted by atomic mass is 9.98. The van der Waals surface area contributed by atoms with Crippen molar-refractivity contribution in [2.75, 3.05) is 26.1 Å². The summed E-state index contributed by atoms with van der Waals surface area (Å²) in [5, 5.41) is 4.95. The molecule has 1 aliphatic heterocycles. The van der Waals surface area contributed by atoms with Crippen LogP contribution in [0.1, 0.15) is 26.3 Å². The maximum atomic E-state index is 14.7. The van der Waals surface area contributed by atoms with Crippen molar-refractivity contribution in [2.24, 2.45) is 0 Å². The Morgan fingerprint density at radius 3 is 2.62 bits per heavy atom. The van der Waals surface area contributed by atoms with Crippen LogP contribution in [0.3, 0.4) is 0 Å². The van der Waals surface area contributed by atoms with Crippen molar-refractivity contribution >= 4 is 17.5 Å². The lowest BCUT2D eigenvalue weighted by molar-refractivity contribution is 0.0944. The first kappa shape index (κ1) is 17.7. The van der Waals surface area contributed by atoms with Crippen LogP contribution in [0, 0.1) is 11.6 Å². The van der Waals surface area contributed by atoms with Gasteiger partial charge in [0.1, 0.15) is 11.4 Å². The fourth-order valence-corrected chi connectivity index (χ4v) is 2.87. The van der Waals surface area contributed by atoms with Gasteiger partial charge < -0.3 is 20.1 Å². The number of fused-ring (bicyclic) bond motifs is 1. The van der Waals surface area contributed by atoms with Gasteiger partial charge in [-0.1, -0.05) is 0 Å². The van der Waals surface area contributed by atoms with Crippen molar-refractivity contribution in [1.82, 2.24) is 5.32 Å². The number of nitrogens with one attached hydrogen (secondary N) is 2. The molecule has 1 aliphatic rings. The third-order valence-electron chi connectivity index (χ3n) is 4.12. The average molecular weight is 362 g/mol. The fraction of sp³-hybridized carbons (Fsp3) is 0.222. The highest BCUT2D eigenvalue weighted by Crippen LogP contribution is 2.34. The van der Waals surface area contributed by atoms with E-state index in [0.29, 0.717) is 13.0 Å². The van der Waals surface area contributed by atoms with E-state index in [-0.39, 0.29) is 34.2 Å². The summed E-state index contributed by atoms with van der Waals surface area (Å²) >= 11 is 0. The fourth-order valence-electron chi connectivity index (χ4n) is 2.87. The van der Waals surface area contributed by atoms with E-state index in [1.54, 1.807) is 0 Å². The molecule has 2 aromatic rings. The highest BCUT2D eigenvalue weighted by Gasteiger charge is 2.25. The Morgan fingerprint density at radius 2 is 1.92 bits per heavy atom. The molecule has 0 atom stereocenters. The summed E-state index contributed by atoms with van der Waals surface area (Å²) < 4.78 is 39.0. The summed E-state index contributed by atoms with van der Waals surface area (Å²) in [4.78, 5) is 24.3. The Labute approximate surface area is 148 Å². The number of methoxy groups -OCH3 is 2. The second-order valence-electron chi connectivity index (χ2n) is 5.57. The first-order valence-electron chi connectivity index (χ1n) is 7.79. The van der Waals surface area contributed by atoms with Gasteiger partial charge >= 0.3 is 0 Å². The molecule has 2 aromatic carbocycles. The Kier molecular flexibility index (Phi) is 4.75. The second-order valence-corrected chi connectivity index (χ2v) is 5.57. The molecule has 0 aliphatic carbocycles. The van der Waals surface area contributed by atoms with Gasteiger partial charge in [0.05, 0.1) is 19.9 Å². The van der Waals surface area contributed by atoms with E-state index in [1.165, 1.54) is 32.4 Å². The molecular formula is C18H16F2N2O4. The van der Waals surface area contributed by atoms with E-state index in [2.05, 4.69) is 10.6 Å². The van der Waals surface area contributed by atoms with Crippen LogP contribution in [0.5, 0.6) is 11.5 Å². The predicted octanol–water partition coefficient (Wildman–Crippen LogP) is 2.52. The minimum Gasteiger partial charge on any atom is -0.493 e. The molecule has 0 saturated heterocycles. The molecule has 0 bridgehead atoms. The Morgan fingerprint density at radius 1 is 1.15 bits per heavy atom. The van der Waals surface area contributed by atoms with Gasteiger partial charge in [0.15, 0.2) is 17.3 Å². The quantitative estimate of drug-likeness (QED) is 0.876. The second kappa shape index (κ2) is 6.99. The maximum Gasteiger partial charge on any atom is 0.262 e. The number of hydrogen-bond acceptors (Lipinski definition) is 4. The molecule has 1 heterocycles. The van der Waals surface area contributed by atoms with E-state index in [9.17, 15) is 18.4 Å². The van der Waals surface area contributed by atoms with Crippen LogP contribution in [0.2, 0.25) is 0 Å². The van der Waals surface area contributed by atoms with Crippen LogP contribution in [0.25, 0.3) is 0 Å². The molecule has 2 amide bonds. The average Bonchev–Trinajstić information content (AvgIpc) is 2.64. The largest absolute Gasteiger partial charge is 0.493 e. The van der Waals surface area contributed by atoms with Gasteiger partial charge in [-0.05, 0) is 30.7 Å². The smallest absolute Gasteiger partial charge is 0.262 e. The van der Waals surface area contributed by atoms with Crippen LogP contribution in [-0.4, -0.2) is 32.6 Å². The van der Waals surface area contributed by atoms with Crippen molar-refractivity contribution in [2.45, 2.75) is 6.42 Å². The summed E-state index contributed by atoms with van der Waals surface area (Å²) in [7, 11) is 2.62. The molecule has 0 radical (unpaired) electrons. The lowest BCUT2D eigenvalue weighted by Gasteiger charge is -2.19. The molecule has 6 nitrogen and oxygen atoms in total. The van der Waals surface area contributed by atoms with E-state index < -0.39 is 23.1 Å². The van der Waals surface area contributed by atoms with Crippen molar-refractivity contribution < 1.29 is 27.8 Å². The number of carbonyl (C=O) groups is 2. The van der Waals surface area contributed by atoms with Gasteiger partial charge in [-0.15, -0.1) is 0 Å². The number of halogens is 2. The van der Waals surface area contributed by atoms with Crippen LogP contribution in [-0.2, 0) is 6.42 Å². The lowest BCUT2D eigenvalue weighted by Crippen LogP contribution is -2.32. The van der Waals surface area contributed by atoms with Gasteiger partial charge in [-0.3, -0.25) is 9.59 Å². The van der Waals surface area contributed by atoms with Crippen LogP contribution < -0.4 is 20.1 Å². The standard InChI is InChI=1S/C18H16F2N2O4/c1-25-13-6-4-11(19)14(16(13)26-2)18(24)22-12-5-3-10-9(15(12)20)7-8-21-17(10)23/h3-6H,7-8H2,1-2H3,(H,21,23)(H,22,24). The van der Waals surface area contributed by atoms with Crippen LogP contribution in [0.15, 0.2) is 24.3 Å². The topological polar surface area (TPSA) is 76.7 Å². The van der Waals surface area contributed by atoms with Crippen molar-refractivity contribution in [3.63, 3.8) is 0 Å². The van der Waals surface area contributed by atoms with Crippen molar-refractivity contribution in [3.05, 3.63) is 52.6 Å². The summed E-state index contributed by atoms with van der Waals surface area (Å²) in [5.41, 5.74) is -0.115. The normalized spacial score (nSPS) is 12.8. The number of amides is 2. The molecular weight excluding hydrogens is 346 g/mol. The van der Waals surface area contributed by atoms with E-state index >= 15 is 0 Å². The molecule has 0 aromatic heterocycles. The highest BCUT2D eigenvalue weighted by molar-refractivity contribution is 6.07. The van der Waals surface area contributed by atoms with Gasteiger partial charge in [-0.25, -0.2) is 8.78 Å². The zero-order valence-corrected chi connectivity index (χ0v) is 14.1. The van der Waals surface area contributed by atoms with Crippen molar-refractivity contribution in [3.8, 4) is 11.5 Å². The minimum atomic E-state index is -0.891. The van der Waals surface area contributed by atoms with Gasteiger partial charge in [0, 0.05) is 17.7 Å². The Bertz CT molecular complexity index is 899. The van der Waals surface area contributed by atoms with E-state index in [0.717, 1.165) is 6.07 Å². The van der Waals surface area contributed by atoms with Gasteiger partial charge in [0.2, 0.25) is 0 Å². The van der Waals surface area contributed by atoms with E-state index in [4.69, 9.17) is 9.47 Å². The predicted molar refractivity (Wildman–Crippen MR) is 89.9 cm³/mol. The first-order valence-corrected chi connectivity index (χ1v) is 7.79. The minimum absolute atomic E-state index is 0.0947. The molecule has 0 fully saturated rings. The van der Waals surface area contributed by atoms with Crippen LogP contribution >= 0.6 is 0 Å².